The number of likely N-dealkylation sites (tertiary alicyclic amines) is 1. The van der Waals surface area contributed by atoms with Crippen molar-refractivity contribution in [2.45, 2.75) is 37.8 Å². The Morgan fingerprint density at radius 1 is 1.38 bits per heavy atom. The third-order valence-corrected chi connectivity index (χ3v) is 4.65. The third kappa shape index (κ3) is 3.41. The first-order chi connectivity index (χ1) is 10.1. The second-order valence-corrected chi connectivity index (χ2v) is 6.40. The van der Waals surface area contributed by atoms with Gasteiger partial charge in [0.25, 0.3) is 0 Å². The van der Waals surface area contributed by atoms with Crippen LogP contribution in [0.5, 0.6) is 0 Å². The zero-order valence-corrected chi connectivity index (χ0v) is 13.1. The molecule has 2 heterocycles. The summed E-state index contributed by atoms with van der Waals surface area (Å²) in [6, 6.07) is 7.46. The summed E-state index contributed by atoms with van der Waals surface area (Å²) < 4.78 is 11.7. The van der Waals surface area contributed by atoms with Gasteiger partial charge in [0.15, 0.2) is 5.79 Å². The van der Waals surface area contributed by atoms with E-state index in [0.717, 1.165) is 31.5 Å². The molecule has 21 heavy (non-hydrogen) atoms. The van der Waals surface area contributed by atoms with Crippen LogP contribution in [0.4, 0.5) is 0 Å². The van der Waals surface area contributed by atoms with Crippen molar-refractivity contribution < 1.29 is 14.6 Å². The topological polar surface area (TPSA) is 41.9 Å². The van der Waals surface area contributed by atoms with Crippen LogP contribution in [0.3, 0.4) is 0 Å². The number of aliphatic hydroxyl groups excluding tert-OH is 1. The number of aliphatic hydroxyl groups is 1. The highest BCUT2D eigenvalue weighted by Crippen LogP contribution is 2.34. The van der Waals surface area contributed by atoms with E-state index in [2.05, 4.69) is 4.90 Å². The maximum Gasteiger partial charge on any atom is 0.171 e. The van der Waals surface area contributed by atoms with Gasteiger partial charge in [-0.25, -0.2) is 0 Å². The Kier molecular flexibility index (Phi) is 4.52. The largest absolute Gasteiger partial charge is 0.387 e. The molecule has 2 fully saturated rings. The first-order valence-electron chi connectivity index (χ1n) is 7.55. The summed E-state index contributed by atoms with van der Waals surface area (Å²) in [5.74, 6) is -0.384. The van der Waals surface area contributed by atoms with Crippen LogP contribution in [0.15, 0.2) is 24.3 Å². The molecule has 1 N–H and O–H groups in total. The Labute approximate surface area is 130 Å². The van der Waals surface area contributed by atoms with E-state index in [9.17, 15) is 5.11 Å². The van der Waals surface area contributed by atoms with Crippen LogP contribution in [0.2, 0.25) is 5.02 Å². The van der Waals surface area contributed by atoms with Gasteiger partial charge in [0.1, 0.15) is 0 Å². The lowest BCUT2D eigenvalue weighted by atomic mass is 10.0. The molecule has 2 saturated heterocycles. The first kappa shape index (κ1) is 15.3. The monoisotopic (exact) mass is 311 g/mol. The number of benzene rings is 1. The summed E-state index contributed by atoms with van der Waals surface area (Å²) in [7, 11) is 0. The van der Waals surface area contributed by atoms with Crippen LogP contribution in [0.1, 0.15) is 31.4 Å². The normalized spacial score (nSPS) is 27.1. The van der Waals surface area contributed by atoms with E-state index in [1.54, 1.807) is 0 Å². The van der Waals surface area contributed by atoms with Crippen molar-refractivity contribution in [2.24, 2.45) is 0 Å². The highest BCUT2D eigenvalue weighted by molar-refractivity contribution is 6.31. The fourth-order valence-corrected chi connectivity index (χ4v) is 3.39. The molecular formula is C16H22ClNO3. The standard InChI is InChI=1S/C16H22ClNO3/c1-12-11-20-16(21-12)6-8-18(9-7-16)10-15(19)13-4-2-3-5-14(13)17/h2-5,12,15,19H,6-11H2,1H3. The number of β-amino-alcohol motifs (C(OH)–C–C–N with tert-alkyl or cyclic N) is 1. The number of ether oxygens (including phenoxy) is 2. The molecule has 2 atom stereocenters. The molecule has 0 radical (unpaired) electrons. The van der Waals surface area contributed by atoms with E-state index in [-0.39, 0.29) is 11.9 Å². The van der Waals surface area contributed by atoms with Crippen LogP contribution in [-0.2, 0) is 9.47 Å². The predicted molar refractivity (Wildman–Crippen MR) is 81.3 cm³/mol. The molecule has 2 unspecified atom stereocenters. The minimum Gasteiger partial charge on any atom is -0.387 e. The lowest BCUT2D eigenvalue weighted by Crippen LogP contribution is -2.46. The van der Waals surface area contributed by atoms with Gasteiger partial charge in [-0.2, -0.15) is 0 Å². The molecule has 1 aromatic rings. The smallest absolute Gasteiger partial charge is 0.171 e. The van der Waals surface area contributed by atoms with Gasteiger partial charge in [-0.1, -0.05) is 29.8 Å². The minimum atomic E-state index is -0.558. The fourth-order valence-electron chi connectivity index (χ4n) is 3.13. The predicted octanol–water partition coefficient (Wildman–Crippen LogP) is 2.60. The van der Waals surface area contributed by atoms with Gasteiger partial charge >= 0.3 is 0 Å². The van der Waals surface area contributed by atoms with Gasteiger partial charge in [-0.15, -0.1) is 0 Å². The van der Waals surface area contributed by atoms with Crippen molar-refractivity contribution in [3.05, 3.63) is 34.9 Å². The molecule has 5 heteroatoms. The lowest BCUT2D eigenvalue weighted by molar-refractivity contribution is -0.194. The second kappa shape index (κ2) is 6.23. The number of hydrogen-bond donors (Lipinski definition) is 1. The van der Waals surface area contributed by atoms with E-state index >= 15 is 0 Å². The van der Waals surface area contributed by atoms with Crippen molar-refractivity contribution in [3.8, 4) is 0 Å². The van der Waals surface area contributed by atoms with E-state index in [0.29, 0.717) is 18.2 Å². The van der Waals surface area contributed by atoms with E-state index < -0.39 is 6.10 Å². The highest BCUT2D eigenvalue weighted by Gasteiger charge is 2.42. The minimum absolute atomic E-state index is 0.185. The van der Waals surface area contributed by atoms with Gasteiger partial charge in [-0.05, 0) is 13.0 Å². The summed E-state index contributed by atoms with van der Waals surface area (Å²) in [5.41, 5.74) is 0.793. The molecule has 4 nitrogen and oxygen atoms in total. The second-order valence-electron chi connectivity index (χ2n) is 5.99. The Hall–Kier alpha value is -0.650. The quantitative estimate of drug-likeness (QED) is 0.931. The highest BCUT2D eigenvalue weighted by atomic mass is 35.5. The van der Waals surface area contributed by atoms with Crippen molar-refractivity contribution >= 4 is 11.6 Å². The molecule has 0 amide bonds. The Morgan fingerprint density at radius 2 is 2.10 bits per heavy atom. The van der Waals surface area contributed by atoms with Crippen LogP contribution >= 0.6 is 11.6 Å². The van der Waals surface area contributed by atoms with Gasteiger partial charge in [0.2, 0.25) is 0 Å². The molecule has 0 saturated carbocycles. The molecule has 3 rings (SSSR count). The van der Waals surface area contributed by atoms with Crippen molar-refractivity contribution in [1.29, 1.82) is 0 Å². The van der Waals surface area contributed by atoms with Crippen LogP contribution in [0.25, 0.3) is 0 Å². The summed E-state index contributed by atoms with van der Waals surface area (Å²) in [4.78, 5) is 2.24. The summed E-state index contributed by atoms with van der Waals surface area (Å²) in [6.07, 6.45) is 1.33. The van der Waals surface area contributed by atoms with Crippen LogP contribution < -0.4 is 0 Å². The molecular weight excluding hydrogens is 290 g/mol. The maximum absolute atomic E-state index is 10.4. The molecule has 0 aliphatic carbocycles. The van der Waals surface area contributed by atoms with Crippen LogP contribution in [0, 0.1) is 0 Å². The molecule has 1 aromatic carbocycles. The van der Waals surface area contributed by atoms with E-state index in [4.69, 9.17) is 21.1 Å². The number of hydrogen-bond acceptors (Lipinski definition) is 4. The maximum atomic E-state index is 10.4. The number of nitrogens with zero attached hydrogens (tertiary/aromatic N) is 1. The Balaban J connectivity index is 1.55. The van der Waals surface area contributed by atoms with Crippen molar-refractivity contribution in [2.75, 3.05) is 26.2 Å². The van der Waals surface area contributed by atoms with E-state index in [1.165, 1.54) is 0 Å². The first-order valence-corrected chi connectivity index (χ1v) is 7.92. The van der Waals surface area contributed by atoms with Crippen LogP contribution in [-0.4, -0.2) is 48.1 Å². The molecule has 0 aromatic heterocycles. The molecule has 1 spiro atoms. The molecule has 0 bridgehead atoms. The van der Waals surface area contributed by atoms with Gasteiger partial charge in [0, 0.05) is 43.1 Å². The van der Waals surface area contributed by atoms with Gasteiger partial charge in [-0.3, -0.25) is 0 Å². The molecule has 2 aliphatic heterocycles. The SMILES string of the molecule is CC1COC2(CCN(CC(O)c3ccccc3Cl)CC2)O1. The zero-order chi connectivity index (χ0) is 14.9. The lowest BCUT2D eigenvalue weighted by Gasteiger charge is -2.38. The zero-order valence-electron chi connectivity index (χ0n) is 12.3. The fraction of sp³-hybridized carbons (Fsp3) is 0.625. The van der Waals surface area contributed by atoms with Crippen molar-refractivity contribution in [1.82, 2.24) is 4.90 Å². The summed E-state index contributed by atoms with van der Waals surface area (Å²) >= 11 is 6.13. The number of rotatable bonds is 3. The Bertz CT molecular complexity index is 488. The van der Waals surface area contributed by atoms with Gasteiger partial charge < -0.3 is 19.5 Å². The summed E-state index contributed by atoms with van der Waals surface area (Å²) in [6.45, 7) is 5.06. The Morgan fingerprint density at radius 3 is 2.71 bits per heavy atom. The molecule has 2 aliphatic rings. The number of piperidine rings is 1. The average Bonchev–Trinajstić information content (AvgIpc) is 2.83. The summed E-state index contributed by atoms with van der Waals surface area (Å²) in [5, 5.41) is 11.0. The third-order valence-electron chi connectivity index (χ3n) is 4.31. The molecule has 116 valence electrons. The van der Waals surface area contributed by atoms with Gasteiger partial charge in [0.05, 0.1) is 18.8 Å². The van der Waals surface area contributed by atoms with E-state index in [1.807, 2.05) is 31.2 Å². The average molecular weight is 312 g/mol. The number of halogens is 1. The van der Waals surface area contributed by atoms with Crippen molar-refractivity contribution in [3.63, 3.8) is 0 Å².